The van der Waals surface area contributed by atoms with Crippen molar-refractivity contribution < 1.29 is 19.0 Å². The Morgan fingerprint density at radius 2 is 2.19 bits per heavy atom. The van der Waals surface area contributed by atoms with Crippen molar-refractivity contribution in [3.63, 3.8) is 0 Å². The van der Waals surface area contributed by atoms with Crippen molar-refractivity contribution in [2.24, 2.45) is 0 Å². The lowest BCUT2D eigenvalue weighted by Gasteiger charge is -2.13. The maximum absolute atomic E-state index is 14.0. The Balaban J connectivity index is 3.29. The summed E-state index contributed by atoms with van der Waals surface area (Å²) < 4.78 is 19.0. The Morgan fingerprint density at radius 3 is 2.62 bits per heavy atom. The van der Waals surface area contributed by atoms with E-state index in [1.165, 1.54) is 31.9 Å². The van der Waals surface area contributed by atoms with E-state index in [9.17, 15) is 9.18 Å². The van der Waals surface area contributed by atoms with E-state index < -0.39 is 17.7 Å². The molecule has 0 aliphatic carbocycles. The van der Waals surface area contributed by atoms with Crippen molar-refractivity contribution in [3.8, 4) is 5.75 Å². The van der Waals surface area contributed by atoms with E-state index in [4.69, 9.17) is 9.84 Å². The summed E-state index contributed by atoms with van der Waals surface area (Å²) in [6, 6.07) is 3.04. The van der Waals surface area contributed by atoms with Gasteiger partial charge in [0.2, 0.25) is 0 Å². The minimum Gasteiger partial charge on any atom is -0.495 e. The number of aliphatic carboxylic acids is 1. The highest BCUT2D eigenvalue weighted by atomic mass is 32.2. The van der Waals surface area contributed by atoms with Crippen LogP contribution in [0.15, 0.2) is 17.0 Å². The molecule has 0 radical (unpaired) electrons. The first-order valence-corrected chi connectivity index (χ1v) is 5.88. The quantitative estimate of drug-likeness (QED) is 0.827. The second-order valence-electron chi connectivity index (χ2n) is 3.26. The Hall–Kier alpha value is -1.23. The van der Waals surface area contributed by atoms with Gasteiger partial charge in [0.05, 0.1) is 17.9 Å². The molecule has 1 unspecified atom stereocenters. The van der Waals surface area contributed by atoms with Crippen LogP contribution in [0.5, 0.6) is 5.75 Å². The monoisotopic (exact) mass is 244 g/mol. The molecule has 0 aromatic heterocycles. The van der Waals surface area contributed by atoms with Crippen LogP contribution in [0.1, 0.15) is 18.4 Å². The van der Waals surface area contributed by atoms with Gasteiger partial charge >= 0.3 is 5.97 Å². The van der Waals surface area contributed by atoms with Gasteiger partial charge in [0.15, 0.2) is 0 Å². The summed E-state index contributed by atoms with van der Waals surface area (Å²) in [5.74, 6) is -2.00. The van der Waals surface area contributed by atoms with Crippen LogP contribution in [0.3, 0.4) is 0 Å². The fraction of sp³-hybridized carbons (Fsp3) is 0.364. The molecule has 0 spiro atoms. The summed E-state index contributed by atoms with van der Waals surface area (Å²) in [5.41, 5.74) is 0.178. The van der Waals surface area contributed by atoms with Gasteiger partial charge in [-0.15, -0.1) is 11.8 Å². The molecule has 1 aromatic carbocycles. The molecular formula is C11H13FO3S. The molecule has 5 heteroatoms. The number of rotatable bonds is 4. The van der Waals surface area contributed by atoms with Crippen molar-refractivity contribution in [2.75, 3.05) is 13.4 Å². The zero-order valence-electron chi connectivity index (χ0n) is 9.28. The van der Waals surface area contributed by atoms with Crippen molar-refractivity contribution in [1.82, 2.24) is 0 Å². The molecule has 1 aromatic rings. The Bertz CT molecular complexity index is 406. The van der Waals surface area contributed by atoms with Crippen molar-refractivity contribution in [1.29, 1.82) is 0 Å². The van der Waals surface area contributed by atoms with Crippen LogP contribution in [0.2, 0.25) is 0 Å². The van der Waals surface area contributed by atoms with Gasteiger partial charge in [0.25, 0.3) is 0 Å². The SMILES string of the molecule is COc1ccc(C(C)C(=O)O)c(F)c1SC. The number of carbonyl (C=O) groups is 1. The van der Waals surface area contributed by atoms with Crippen LogP contribution in [-0.2, 0) is 4.79 Å². The van der Waals surface area contributed by atoms with Crippen LogP contribution in [0.4, 0.5) is 4.39 Å². The lowest BCUT2D eigenvalue weighted by atomic mass is 10.0. The molecule has 0 aliphatic heterocycles. The zero-order chi connectivity index (χ0) is 12.3. The summed E-state index contributed by atoms with van der Waals surface area (Å²) >= 11 is 1.20. The summed E-state index contributed by atoms with van der Waals surface area (Å²) in [6.07, 6.45) is 1.72. The zero-order valence-corrected chi connectivity index (χ0v) is 10.1. The molecule has 0 amide bonds. The molecule has 0 bridgehead atoms. The number of ether oxygens (including phenoxy) is 1. The van der Waals surface area contributed by atoms with E-state index in [-0.39, 0.29) is 5.56 Å². The smallest absolute Gasteiger partial charge is 0.310 e. The van der Waals surface area contributed by atoms with Crippen molar-refractivity contribution >= 4 is 17.7 Å². The molecule has 3 nitrogen and oxygen atoms in total. The normalized spacial score (nSPS) is 12.2. The lowest BCUT2D eigenvalue weighted by molar-refractivity contribution is -0.138. The summed E-state index contributed by atoms with van der Waals surface area (Å²) in [6.45, 7) is 1.46. The summed E-state index contributed by atoms with van der Waals surface area (Å²) in [4.78, 5) is 11.1. The Morgan fingerprint density at radius 1 is 1.56 bits per heavy atom. The van der Waals surface area contributed by atoms with Gasteiger partial charge < -0.3 is 9.84 Å². The first-order chi connectivity index (χ1) is 7.52. The molecule has 88 valence electrons. The van der Waals surface area contributed by atoms with Crippen molar-refractivity contribution in [2.45, 2.75) is 17.7 Å². The number of hydrogen-bond acceptors (Lipinski definition) is 3. The number of hydrogen-bond donors (Lipinski definition) is 1. The van der Waals surface area contributed by atoms with Crippen LogP contribution in [0.25, 0.3) is 0 Å². The highest BCUT2D eigenvalue weighted by molar-refractivity contribution is 7.98. The molecular weight excluding hydrogens is 231 g/mol. The van der Waals surface area contributed by atoms with Gasteiger partial charge in [-0.1, -0.05) is 6.07 Å². The van der Waals surface area contributed by atoms with E-state index in [1.807, 2.05) is 0 Å². The molecule has 1 atom stereocenters. The molecule has 1 N–H and O–H groups in total. The fourth-order valence-electron chi connectivity index (χ4n) is 1.37. The number of thioether (sulfide) groups is 1. The maximum atomic E-state index is 14.0. The van der Waals surface area contributed by atoms with E-state index in [0.717, 1.165) is 0 Å². The summed E-state index contributed by atoms with van der Waals surface area (Å²) in [5, 5.41) is 8.85. The lowest BCUT2D eigenvalue weighted by Crippen LogP contribution is -2.10. The Labute approximate surface area is 97.6 Å². The third kappa shape index (κ3) is 2.29. The van der Waals surface area contributed by atoms with Crippen LogP contribution < -0.4 is 4.74 Å². The largest absolute Gasteiger partial charge is 0.495 e. The fourth-order valence-corrected chi connectivity index (χ4v) is 2.02. The van der Waals surface area contributed by atoms with Gasteiger partial charge in [-0.25, -0.2) is 4.39 Å². The van der Waals surface area contributed by atoms with Gasteiger partial charge in [-0.3, -0.25) is 4.79 Å². The van der Waals surface area contributed by atoms with Gasteiger partial charge in [-0.05, 0) is 19.2 Å². The van der Waals surface area contributed by atoms with E-state index in [2.05, 4.69) is 0 Å². The second-order valence-corrected chi connectivity index (χ2v) is 4.08. The molecule has 16 heavy (non-hydrogen) atoms. The van der Waals surface area contributed by atoms with Crippen molar-refractivity contribution in [3.05, 3.63) is 23.5 Å². The molecule has 0 aliphatic rings. The van der Waals surface area contributed by atoms with E-state index in [0.29, 0.717) is 10.6 Å². The topological polar surface area (TPSA) is 46.5 Å². The third-order valence-electron chi connectivity index (χ3n) is 2.35. The van der Waals surface area contributed by atoms with Gasteiger partial charge in [0, 0.05) is 5.56 Å². The first-order valence-electron chi connectivity index (χ1n) is 4.66. The first kappa shape index (κ1) is 12.8. The summed E-state index contributed by atoms with van der Waals surface area (Å²) in [7, 11) is 1.45. The van der Waals surface area contributed by atoms with Crippen LogP contribution in [0, 0.1) is 5.82 Å². The second kappa shape index (κ2) is 5.21. The highest BCUT2D eigenvalue weighted by Crippen LogP contribution is 2.34. The molecule has 0 fully saturated rings. The predicted octanol–water partition coefficient (Wildman–Crippen LogP) is 2.74. The highest BCUT2D eigenvalue weighted by Gasteiger charge is 2.21. The third-order valence-corrected chi connectivity index (χ3v) is 3.14. The van der Waals surface area contributed by atoms with Gasteiger partial charge in [-0.2, -0.15) is 0 Å². The van der Waals surface area contributed by atoms with E-state index in [1.54, 1.807) is 12.3 Å². The Kier molecular flexibility index (Phi) is 4.18. The standard InChI is InChI=1S/C11H13FO3S/c1-6(11(13)14)7-4-5-8(15-2)10(16-3)9(7)12/h4-6H,1-3H3,(H,13,14). The number of benzene rings is 1. The van der Waals surface area contributed by atoms with Crippen LogP contribution >= 0.6 is 11.8 Å². The molecule has 0 saturated carbocycles. The molecule has 0 saturated heterocycles. The number of halogens is 1. The van der Waals surface area contributed by atoms with E-state index >= 15 is 0 Å². The number of methoxy groups -OCH3 is 1. The molecule has 1 rings (SSSR count). The maximum Gasteiger partial charge on any atom is 0.310 e. The average molecular weight is 244 g/mol. The average Bonchev–Trinajstić information content (AvgIpc) is 2.27. The molecule has 0 heterocycles. The van der Waals surface area contributed by atoms with Gasteiger partial charge in [0.1, 0.15) is 11.6 Å². The predicted molar refractivity (Wildman–Crippen MR) is 60.8 cm³/mol. The minimum absolute atomic E-state index is 0.178. The number of carboxylic acids is 1. The number of carboxylic acid groups (broad SMARTS) is 1. The van der Waals surface area contributed by atoms with Crippen LogP contribution in [-0.4, -0.2) is 24.4 Å². The minimum atomic E-state index is -1.05.